The molecule has 1 aliphatic carbocycles. The van der Waals surface area contributed by atoms with E-state index in [1.54, 1.807) is 0 Å². The third kappa shape index (κ3) is 1.96. The van der Waals surface area contributed by atoms with Crippen molar-refractivity contribution in [1.29, 1.82) is 0 Å². The van der Waals surface area contributed by atoms with Gasteiger partial charge in [0.2, 0.25) is 5.91 Å². The van der Waals surface area contributed by atoms with E-state index in [1.165, 1.54) is 31.2 Å². The quantitative estimate of drug-likeness (QED) is 0.850. The third-order valence-electron chi connectivity index (χ3n) is 5.31. The summed E-state index contributed by atoms with van der Waals surface area (Å²) in [4.78, 5) is 14.8. The Morgan fingerprint density at radius 2 is 2.05 bits per heavy atom. The molecule has 3 unspecified atom stereocenters. The molecule has 1 saturated carbocycles. The minimum atomic E-state index is 0.0502. The van der Waals surface area contributed by atoms with Crippen molar-refractivity contribution < 1.29 is 4.79 Å². The molecule has 20 heavy (non-hydrogen) atoms. The number of amides is 1. The Morgan fingerprint density at radius 1 is 1.20 bits per heavy atom. The number of rotatable bonds is 1. The number of fused-ring (bicyclic) bond motifs is 2. The van der Waals surface area contributed by atoms with Crippen molar-refractivity contribution in [2.75, 3.05) is 11.4 Å². The number of hydrogen-bond acceptors (Lipinski definition) is 2. The van der Waals surface area contributed by atoms with Gasteiger partial charge in [0.05, 0.1) is 6.04 Å². The first-order valence-corrected chi connectivity index (χ1v) is 7.98. The van der Waals surface area contributed by atoms with E-state index in [0.717, 1.165) is 31.0 Å². The predicted octanol–water partition coefficient (Wildman–Crippen LogP) is 2.50. The van der Waals surface area contributed by atoms with Gasteiger partial charge in [0.15, 0.2) is 0 Å². The number of carbonyl (C=O) groups is 1. The molecule has 3 heteroatoms. The zero-order valence-electron chi connectivity index (χ0n) is 11.8. The van der Waals surface area contributed by atoms with Gasteiger partial charge in [0.25, 0.3) is 0 Å². The van der Waals surface area contributed by atoms with E-state index in [2.05, 4.69) is 23.5 Å². The first-order chi connectivity index (χ1) is 9.83. The molecule has 2 heterocycles. The average Bonchev–Trinajstić information content (AvgIpc) is 3.10. The predicted molar refractivity (Wildman–Crippen MR) is 79.8 cm³/mol. The van der Waals surface area contributed by atoms with Crippen molar-refractivity contribution in [3.8, 4) is 0 Å². The fraction of sp³-hybridized carbons (Fsp3) is 0.588. The van der Waals surface area contributed by atoms with Gasteiger partial charge in [-0.1, -0.05) is 31.0 Å². The number of hydrogen-bond donors (Lipinski definition) is 1. The number of anilines is 1. The summed E-state index contributed by atoms with van der Waals surface area (Å²) < 4.78 is 0. The van der Waals surface area contributed by atoms with E-state index in [0.29, 0.717) is 11.9 Å². The zero-order valence-corrected chi connectivity index (χ0v) is 11.8. The second-order valence-corrected chi connectivity index (χ2v) is 6.47. The van der Waals surface area contributed by atoms with E-state index < -0.39 is 0 Å². The van der Waals surface area contributed by atoms with Crippen LogP contribution in [-0.2, 0) is 11.2 Å². The Balaban J connectivity index is 1.51. The van der Waals surface area contributed by atoms with Crippen molar-refractivity contribution in [3.05, 3.63) is 29.8 Å². The summed E-state index contributed by atoms with van der Waals surface area (Å²) in [6, 6.07) is 8.97. The van der Waals surface area contributed by atoms with Crippen LogP contribution in [0.2, 0.25) is 0 Å². The minimum Gasteiger partial charge on any atom is -0.310 e. The second-order valence-electron chi connectivity index (χ2n) is 6.47. The highest BCUT2D eigenvalue weighted by molar-refractivity contribution is 5.99. The van der Waals surface area contributed by atoms with Gasteiger partial charge in [-0.3, -0.25) is 4.79 Å². The summed E-state index contributed by atoms with van der Waals surface area (Å²) in [6.45, 7) is 0.853. The van der Waals surface area contributed by atoms with Crippen LogP contribution in [0.15, 0.2) is 24.3 Å². The summed E-state index contributed by atoms with van der Waals surface area (Å²) >= 11 is 0. The van der Waals surface area contributed by atoms with Gasteiger partial charge in [0, 0.05) is 18.3 Å². The van der Waals surface area contributed by atoms with Crippen LogP contribution in [-0.4, -0.2) is 24.5 Å². The number of carbonyl (C=O) groups excluding carboxylic acids is 1. The maximum atomic E-state index is 12.8. The fourth-order valence-electron chi connectivity index (χ4n) is 4.27. The lowest BCUT2D eigenvalue weighted by atomic mass is 9.85. The van der Waals surface area contributed by atoms with E-state index in [-0.39, 0.29) is 6.04 Å². The monoisotopic (exact) mass is 270 g/mol. The van der Waals surface area contributed by atoms with Gasteiger partial charge in [0.1, 0.15) is 0 Å². The number of benzene rings is 1. The van der Waals surface area contributed by atoms with E-state index >= 15 is 0 Å². The molecule has 1 aromatic rings. The van der Waals surface area contributed by atoms with Gasteiger partial charge >= 0.3 is 0 Å². The van der Waals surface area contributed by atoms with Crippen LogP contribution < -0.4 is 10.2 Å². The first-order valence-electron chi connectivity index (χ1n) is 7.98. The number of nitrogens with zero attached hydrogens (tertiary/aromatic N) is 1. The average molecular weight is 270 g/mol. The molecular formula is C17H22N2O. The van der Waals surface area contributed by atoms with Gasteiger partial charge in [-0.15, -0.1) is 0 Å². The molecule has 2 fully saturated rings. The molecule has 1 saturated heterocycles. The molecule has 3 nitrogen and oxygen atoms in total. The molecule has 0 bridgehead atoms. The molecule has 3 aliphatic rings. The molecular weight excluding hydrogens is 248 g/mol. The maximum Gasteiger partial charge on any atom is 0.244 e. The third-order valence-corrected chi connectivity index (χ3v) is 5.31. The summed E-state index contributed by atoms with van der Waals surface area (Å²) in [6.07, 6.45) is 7.27. The molecule has 2 aliphatic heterocycles. The SMILES string of the molecule is O=C(C1CC2CCCCC2N1)N1CCc2ccccc21. The van der Waals surface area contributed by atoms with Crippen LogP contribution in [0.1, 0.15) is 37.7 Å². The van der Waals surface area contributed by atoms with Crippen molar-refractivity contribution in [3.63, 3.8) is 0 Å². The Hall–Kier alpha value is -1.35. The van der Waals surface area contributed by atoms with E-state index in [4.69, 9.17) is 0 Å². The van der Waals surface area contributed by atoms with Crippen LogP contribution in [0.5, 0.6) is 0 Å². The minimum absolute atomic E-state index is 0.0502. The van der Waals surface area contributed by atoms with Crippen LogP contribution in [0.3, 0.4) is 0 Å². The second kappa shape index (κ2) is 4.88. The Labute approximate surface area is 120 Å². The Bertz CT molecular complexity index is 513. The van der Waals surface area contributed by atoms with E-state index in [1.807, 2.05) is 11.0 Å². The molecule has 0 radical (unpaired) electrons. The Kier molecular flexibility index (Phi) is 3.03. The normalized spacial score (nSPS) is 32.0. The number of para-hydroxylation sites is 1. The topological polar surface area (TPSA) is 32.3 Å². The van der Waals surface area contributed by atoms with Crippen LogP contribution in [0, 0.1) is 5.92 Å². The molecule has 0 aromatic heterocycles. The lowest BCUT2D eigenvalue weighted by molar-refractivity contribution is -0.120. The lowest BCUT2D eigenvalue weighted by Crippen LogP contribution is -2.45. The summed E-state index contributed by atoms with van der Waals surface area (Å²) in [5, 5.41) is 3.61. The van der Waals surface area contributed by atoms with Crippen LogP contribution >= 0.6 is 0 Å². The number of nitrogens with one attached hydrogen (secondary N) is 1. The van der Waals surface area contributed by atoms with Crippen LogP contribution in [0.4, 0.5) is 5.69 Å². The summed E-state index contributed by atoms with van der Waals surface area (Å²) in [5.41, 5.74) is 2.45. The van der Waals surface area contributed by atoms with Crippen LogP contribution in [0.25, 0.3) is 0 Å². The molecule has 1 N–H and O–H groups in total. The zero-order chi connectivity index (χ0) is 13.5. The van der Waals surface area contributed by atoms with E-state index in [9.17, 15) is 4.79 Å². The smallest absolute Gasteiger partial charge is 0.244 e. The first kappa shape index (κ1) is 12.4. The molecule has 1 amide bonds. The Morgan fingerprint density at radius 3 is 2.95 bits per heavy atom. The molecule has 106 valence electrons. The van der Waals surface area contributed by atoms with Crippen molar-refractivity contribution in [1.82, 2.24) is 5.32 Å². The molecule has 1 aromatic carbocycles. The van der Waals surface area contributed by atoms with Gasteiger partial charge in [-0.05, 0) is 43.2 Å². The van der Waals surface area contributed by atoms with Gasteiger partial charge < -0.3 is 10.2 Å². The molecule has 3 atom stereocenters. The van der Waals surface area contributed by atoms with Crippen molar-refractivity contribution in [2.45, 2.75) is 50.6 Å². The standard InChI is InChI=1S/C17H22N2O/c20-17(15-11-13-6-1-3-7-14(13)18-15)19-10-9-12-5-2-4-8-16(12)19/h2,4-5,8,13-15,18H,1,3,6-7,9-11H2. The summed E-state index contributed by atoms with van der Waals surface area (Å²) in [7, 11) is 0. The highest BCUT2D eigenvalue weighted by Gasteiger charge is 2.40. The lowest BCUT2D eigenvalue weighted by Gasteiger charge is -2.24. The van der Waals surface area contributed by atoms with Gasteiger partial charge in [-0.25, -0.2) is 0 Å². The highest BCUT2D eigenvalue weighted by atomic mass is 16.2. The van der Waals surface area contributed by atoms with Gasteiger partial charge in [-0.2, -0.15) is 0 Å². The maximum absolute atomic E-state index is 12.8. The highest BCUT2D eigenvalue weighted by Crippen LogP contribution is 2.35. The summed E-state index contributed by atoms with van der Waals surface area (Å²) in [5.74, 6) is 1.03. The fourth-order valence-corrected chi connectivity index (χ4v) is 4.27. The molecule has 0 spiro atoms. The largest absolute Gasteiger partial charge is 0.310 e. The van der Waals surface area contributed by atoms with Crippen molar-refractivity contribution >= 4 is 11.6 Å². The molecule has 4 rings (SSSR count). The van der Waals surface area contributed by atoms with Crippen molar-refractivity contribution in [2.24, 2.45) is 5.92 Å².